The number of ether oxygens (including phenoxy) is 1. The zero-order valence-electron chi connectivity index (χ0n) is 20.7. The summed E-state index contributed by atoms with van der Waals surface area (Å²) in [5, 5.41) is 11.5. The van der Waals surface area contributed by atoms with Gasteiger partial charge in [0.25, 0.3) is 17.2 Å². The van der Waals surface area contributed by atoms with Gasteiger partial charge >= 0.3 is 5.97 Å². The summed E-state index contributed by atoms with van der Waals surface area (Å²) >= 11 is 0. The number of esters is 1. The zero-order chi connectivity index (χ0) is 26.8. The van der Waals surface area contributed by atoms with Gasteiger partial charge in [-0.05, 0) is 44.0 Å². The molecule has 5 rings (SSSR count). The molecule has 1 aliphatic carbocycles. The van der Waals surface area contributed by atoms with Crippen LogP contribution in [-0.4, -0.2) is 37.4 Å². The van der Waals surface area contributed by atoms with Gasteiger partial charge < -0.3 is 9.30 Å². The number of aromatic nitrogens is 3. The molecule has 38 heavy (non-hydrogen) atoms. The van der Waals surface area contributed by atoms with Crippen LogP contribution in [0.2, 0.25) is 0 Å². The van der Waals surface area contributed by atoms with Crippen LogP contribution in [0, 0.1) is 10.1 Å². The predicted octanol–water partition coefficient (Wildman–Crippen LogP) is 3.98. The monoisotopic (exact) mass is 515 g/mol. The zero-order valence-corrected chi connectivity index (χ0v) is 20.7. The van der Waals surface area contributed by atoms with Gasteiger partial charge in [-0.2, -0.15) is 4.99 Å². The van der Waals surface area contributed by atoms with Crippen LogP contribution >= 0.6 is 0 Å². The molecule has 0 bridgehead atoms. The number of fused-ring (bicyclic) bond motifs is 2. The number of nitro groups is 1. The van der Waals surface area contributed by atoms with Crippen LogP contribution in [0.3, 0.4) is 0 Å². The third kappa shape index (κ3) is 4.58. The average Bonchev–Trinajstić information content (AvgIpc) is 2.93. The first kappa shape index (κ1) is 25.0. The normalized spacial score (nSPS) is 14.6. The summed E-state index contributed by atoms with van der Waals surface area (Å²) in [5.74, 6) is -1.50. The molecule has 0 unspecified atom stereocenters. The molecule has 0 aliphatic heterocycles. The average molecular weight is 516 g/mol. The molecule has 0 atom stereocenters. The fourth-order valence-corrected chi connectivity index (χ4v) is 4.91. The van der Waals surface area contributed by atoms with Gasteiger partial charge in [0.1, 0.15) is 16.9 Å². The number of pyridine rings is 2. The molecule has 1 amide bonds. The number of carbonyl (C=O) groups excluding carboxylic acids is 2. The van der Waals surface area contributed by atoms with E-state index in [-0.39, 0.29) is 45.9 Å². The van der Waals surface area contributed by atoms with Crippen LogP contribution in [0.15, 0.2) is 64.5 Å². The molecule has 11 heteroatoms. The van der Waals surface area contributed by atoms with E-state index < -0.39 is 16.8 Å². The van der Waals surface area contributed by atoms with E-state index in [0.29, 0.717) is 11.3 Å². The van der Waals surface area contributed by atoms with Gasteiger partial charge in [-0.15, -0.1) is 0 Å². The highest BCUT2D eigenvalue weighted by Gasteiger charge is 2.25. The van der Waals surface area contributed by atoms with Gasteiger partial charge in [0.2, 0.25) is 0 Å². The van der Waals surface area contributed by atoms with Crippen LogP contribution < -0.4 is 11.0 Å². The van der Waals surface area contributed by atoms with Crippen LogP contribution in [0.5, 0.6) is 0 Å². The first-order valence-corrected chi connectivity index (χ1v) is 12.5. The van der Waals surface area contributed by atoms with Crippen LogP contribution in [0.25, 0.3) is 16.7 Å². The lowest BCUT2D eigenvalue weighted by Gasteiger charge is -2.27. The van der Waals surface area contributed by atoms with Crippen molar-refractivity contribution < 1.29 is 19.2 Å². The number of hydrogen-bond acceptors (Lipinski definition) is 7. The maximum Gasteiger partial charge on any atom is 0.341 e. The topological polar surface area (TPSA) is 138 Å². The minimum absolute atomic E-state index is 0.00385. The summed E-state index contributed by atoms with van der Waals surface area (Å²) in [4.78, 5) is 59.7. The highest BCUT2D eigenvalue weighted by Crippen LogP contribution is 2.29. The van der Waals surface area contributed by atoms with Crippen molar-refractivity contribution in [2.24, 2.45) is 4.99 Å². The fraction of sp³-hybridized carbons (Fsp3) is 0.296. The second kappa shape index (κ2) is 10.4. The molecule has 0 saturated heterocycles. The number of hydrogen-bond donors (Lipinski definition) is 0. The molecule has 0 N–H and O–H groups in total. The van der Waals surface area contributed by atoms with Gasteiger partial charge in [-0.1, -0.05) is 31.4 Å². The van der Waals surface area contributed by atoms with Crippen LogP contribution in [0.4, 0.5) is 5.69 Å². The summed E-state index contributed by atoms with van der Waals surface area (Å²) in [5.41, 5.74) is 0.0794. The molecule has 11 nitrogen and oxygen atoms in total. The maximum atomic E-state index is 13.5. The molecular formula is C27H25N5O6. The molecule has 0 radical (unpaired) electrons. The molecule has 0 spiro atoms. The Bertz CT molecular complexity index is 1720. The second-order valence-electron chi connectivity index (χ2n) is 9.07. The third-order valence-corrected chi connectivity index (χ3v) is 6.68. The molecule has 1 aliphatic rings. The molecule has 4 aromatic rings. The summed E-state index contributed by atoms with van der Waals surface area (Å²) in [6.07, 6.45) is 5.99. The molecule has 1 saturated carbocycles. The maximum absolute atomic E-state index is 13.5. The molecule has 1 aromatic carbocycles. The SMILES string of the molecule is CCOC(=O)c1cc2c(=O)n3ccccc3nc2n(C2CCCCC2)c1=NC(=O)c1cccc([N+](=O)[O-])c1. The molecule has 3 heterocycles. The first-order valence-electron chi connectivity index (χ1n) is 12.5. The standard InChI is InChI=1S/C27H25N5O6/c1-2-38-27(35)21-16-20-23(28-22-13-6-7-14-30(22)26(20)34)31(18-10-4-3-5-11-18)24(21)29-25(33)17-9-8-12-19(15-17)32(36)37/h6-9,12-16,18H,2-5,10-11H2,1H3. The van der Waals surface area contributed by atoms with E-state index in [4.69, 9.17) is 9.72 Å². The Labute approximate surface area is 216 Å². The van der Waals surface area contributed by atoms with E-state index in [0.717, 1.165) is 38.2 Å². The Balaban J connectivity index is 1.87. The number of benzene rings is 1. The minimum atomic E-state index is -0.763. The number of nitrogens with zero attached hydrogens (tertiary/aromatic N) is 5. The summed E-state index contributed by atoms with van der Waals surface area (Å²) in [7, 11) is 0. The number of non-ortho nitro benzene ring substituents is 1. The van der Waals surface area contributed by atoms with E-state index in [1.165, 1.54) is 28.7 Å². The van der Waals surface area contributed by atoms with Crippen LogP contribution in [0.1, 0.15) is 65.8 Å². The molecule has 194 valence electrons. The van der Waals surface area contributed by atoms with E-state index >= 15 is 0 Å². The largest absolute Gasteiger partial charge is 0.462 e. The minimum Gasteiger partial charge on any atom is -0.462 e. The van der Waals surface area contributed by atoms with Gasteiger partial charge in [-0.25, -0.2) is 9.78 Å². The smallest absolute Gasteiger partial charge is 0.341 e. The number of rotatable bonds is 5. The lowest BCUT2D eigenvalue weighted by molar-refractivity contribution is -0.384. The predicted molar refractivity (Wildman–Crippen MR) is 138 cm³/mol. The van der Waals surface area contributed by atoms with Crippen molar-refractivity contribution in [3.63, 3.8) is 0 Å². The molecule has 3 aromatic heterocycles. The highest BCUT2D eigenvalue weighted by molar-refractivity contribution is 5.97. The Morgan fingerprint density at radius 3 is 2.66 bits per heavy atom. The first-order chi connectivity index (χ1) is 18.4. The van der Waals surface area contributed by atoms with E-state index in [2.05, 4.69) is 4.99 Å². The Morgan fingerprint density at radius 2 is 1.92 bits per heavy atom. The second-order valence-corrected chi connectivity index (χ2v) is 9.07. The van der Waals surface area contributed by atoms with Gasteiger partial charge in [0.05, 0.1) is 16.9 Å². The third-order valence-electron chi connectivity index (χ3n) is 6.68. The number of carbonyl (C=O) groups is 2. The molecular weight excluding hydrogens is 490 g/mol. The fourth-order valence-electron chi connectivity index (χ4n) is 4.91. The van der Waals surface area contributed by atoms with E-state index in [9.17, 15) is 24.5 Å². The van der Waals surface area contributed by atoms with Crippen molar-refractivity contribution in [3.8, 4) is 0 Å². The van der Waals surface area contributed by atoms with Crippen molar-refractivity contribution in [3.05, 3.63) is 91.8 Å². The Morgan fingerprint density at radius 1 is 1.13 bits per heavy atom. The Hall–Kier alpha value is -4.67. The quantitative estimate of drug-likeness (QED) is 0.170. The van der Waals surface area contributed by atoms with Crippen molar-refractivity contribution in [1.82, 2.24) is 14.0 Å². The summed E-state index contributed by atoms with van der Waals surface area (Å²) in [6.45, 7) is 1.73. The number of amides is 1. The van der Waals surface area contributed by atoms with Crippen molar-refractivity contribution in [2.45, 2.75) is 45.1 Å². The van der Waals surface area contributed by atoms with Crippen molar-refractivity contribution in [2.75, 3.05) is 6.61 Å². The van der Waals surface area contributed by atoms with Gasteiger partial charge in [-0.3, -0.25) is 24.1 Å². The van der Waals surface area contributed by atoms with E-state index in [1.807, 2.05) is 0 Å². The van der Waals surface area contributed by atoms with Crippen molar-refractivity contribution in [1.29, 1.82) is 0 Å². The van der Waals surface area contributed by atoms with Gasteiger partial charge in [0.15, 0.2) is 5.49 Å². The lowest BCUT2D eigenvalue weighted by Crippen LogP contribution is -2.35. The number of nitro benzene ring substituents is 1. The van der Waals surface area contributed by atoms with Gasteiger partial charge in [0, 0.05) is 29.9 Å². The summed E-state index contributed by atoms with van der Waals surface area (Å²) in [6, 6.07) is 11.6. The lowest BCUT2D eigenvalue weighted by atomic mass is 9.94. The Kier molecular flexibility index (Phi) is 6.82. The summed E-state index contributed by atoms with van der Waals surface area (Å²) < 4.78 is 8.39. The van der Waals surface area contributed by atoms with E-state index in [1.54, 1.807) is 35.9 Å². The molecule has 1 fully saturated rings. The van der Waals surface area contributed by atoms with Crippen LogP contribution in [-0.2, 0) is 4.74 Å². The van der Waals surface area contributed by atoms with Crippen molar-refractivity contribution >= 4 is 34.2 Å². The highest BCUT2D eigenvalue weighted by atomic mass is 16.6.